The van der Waals surface area contributed by atoms with E-state index in [1.165, 1.54) is 18.4 Å². The number of nitrogens with zero attached hydrogens (tertiary/aromatic N) is 1. The summed E-state index contributed by atoms with van der Waals surface area (Å²) in [6.45, 7) is 0. The molecule has 0 atom stereocenters. The highest BCUT2D eigenvalue weighted by Crippen LogP contribution is 2.38. The van der Waals surface area contributed by atoms with Gasteiger partial charge in [-0.05, 0) is 48.0 Å². The van der Waals surface area contributed by atoms with Gasteiger partial charge in [-0.1, -0.05) is 69.5 Å². The van der Waals surface area contributed by atoms with Crippen molar-refractivity contribution in [2.75, 3.05) is 12.4 Å². The van der Waals surface area contributed by atoms with Gasteiger partial charge in [-0.15, -0.1) is 11.3 Å². The van der Waals surface area contributed by atoms with E-state index in [0.717, 1.165) is 10.0 Å². The molecule has 1 N–H and O–H groups in total. The predicted octanol–water partition coefficient (Wildman–Crippen LogP) is 8.74. The summed E-state index contributed by atoms with van der Waals surface area (Å²) in [7, 11) is 1.31. The third kappa shape index (κ3) is 5.13. The average molecular weight is 612 g/mol. The van der Waals surface area contributed by atoms with Crippen molar-refractivity contribution in [1.29, 1.82) is 0 Å². The summed E-state index contributed by atoms with van der Waals surface area (Å²) in [4.78, 5) is 31.2. The number of ether oxygens (including phenoxy) is 1. The molecule has 0 aliphatic rings. The number of pyridine rings is 1. The van der Waals surface area contributed by atoms with E-state index in [2.05, 4.69) is 21.2 Å². The molecule has 1 amide bonds. The van der Waals surface area contributed by atoms with Crippen LogP contribution in [0.3, 0.4) is 0 Å². The van der Waals surface area contributed by atoms with Gasteiger partial charge in [0, 0.05) is 31.4 Å². The van der Waals surface area contributed by atoms with E-state index in [1.807, 2.05) is 53.9 Å². The molecule has 0 bridgehead atoms. The molecular formula is C28H17BrCl2N2O3S. The van der Waals surface area contributed by atoms with Gasteiger partial charge in [0.15, 0.2) is 0 Å². The molecule has 0 unspecified atom stereocenters. The van der Waals surface area contributed by atoms with Crippen LogP contribution in [0.15, 0.2) is 82.6 Å². The van der Waals surface area contributed by atoms with Gasteiger partial charge in [0.1, 0.15) is 10.6 Å². The van der Waals surface area contributed by atoms with Crippen molar-refractivity contribution in [2.24, 2.45) is 0 Å². The number of carbonyl (C=O) groups is 2. The van der Waals surface area contributed by atoms with Crippen molar-refractivity contribution in [3.8, 4) is 22.4 Å². The number of aromatic nitrogens is 1. The summed E-state index contributed by atoms with van der Waals surface area (Å²) in [5.74, 6) is -0.929. The van der Waals surface area contributed by atoms with Crippen LogP contribution in [0.5, 0.6) is 0 Å². The van der Waals surface area contributed by atoms with Gasteiger partial charge in [0.2, 0.25) is 0 Å². The lowest BCUT2D eigenvalue weighted by Crippen LogP contribution is -2.15. The van der Waals surface area contributed by atoms with Crippen LogP contribution >= 0.6 is 50.5 Å². The van der Waals surface area contributed by atoms with E-state index in [0.29, 0.717) is 53.9 Å². The molecular weight excluding hydrogens is 595 g/mol. The number of fused-ring (bicyclic) bond motifs is 1. The van der Waals surface area contributed by atoms with Crippen LogP contribution in [0.1, 0.15) is 20.7 Å². The SMILES string of the molecule is COC(=O)c1c(-c2ccc(Br)cc2)csc1NC(=O)c1cc(-c2ccc(Cl)cc2Cl)nc2ccccc12. The third-order valence-electron chi connectivity index (χ3n) is 5.73. The first-order valence-corrected chi connectivity index (χ1v) is 13.4. The molecule has 0 aliphatic heterocycles. The Balaban J connectivity index is 1.59. The highest BCUT2D eigenvalue weighted by molar-refractivity contribution is 9.10. The average Bonchev–Trinajstić information content (AvgIpc) is 3.31. The quantitative estimate of drug-likeness (QED) is 0.202. The van der Waals surface area contributed by atoms with Crippen molar-refractivity contribution in [2.45, 2.75) is 0 Å². The minimum Gasteiger partial charge on any atom is -0.465 e. The number of anilines is 1. The zero-order valence-corrected chi connectivity index (χ0v) is 23.1. The van der Waals surface area contributed by atoms with Crippen LogP contribution in [0.2, 0.25) is 10.0 Å². The number of esters is 1. The summed E-state index contributed by atoms with van der Waals surface area (Å²) in [6, 6.07) is 21.7. The summed E-state index contributed by atoms with van der Waals surface area (Å²) in [6.07, 6.45) is 0. The second-order valence-electron chi connectivity index (χ2n) is 8.00. The molecule has 184 valence electrons. The van der Waals surface area contributed by atoms with Gasteiger partial charge in [0.25, 0.3) is 5.91 Å². The Morgan fingerprint density at radius 1 is 0.973 bits per heavy atom. The third-order valence-corrected chi connectivity index (χ3v) is 7.70. The number of hydrogen-bond donors (Lipinski definition) is 1. The smallest absolute Gasteiger partial charge is 0.341 e. The van der Waals surface area contributed by atoms with Gasteiger partial charge in [-0.25, -0.2) is 9.78 Å². The van der Waals surface area contributed by atoms with Crippen molar-refractivity contribution in [1.82, 2.24) is 4.98 Å². The molecule has 2 heterocycles. The number of para-hydroxylation sites is 1. The van der Waals surface area contributed by atoms with Crippen molar-refractivity contribution in [3.05, 3.63) is 104 Å². The van der Waals surface area contributed by atoms with Crippen molar-refractivity contribution < 1.29 is 14.3 Å². The summed E-state index contributed by atoms with van der Waals surface area (Å²) < 4.78 is 5.97. The highest BCUT2D eigenvalue weighted by atomic mass is 79.9. The number of methoxy groups -OCH3 is 1. The molecule has 5 aromatic rings. The summed E-state index contributed by atoms with van der Waals surface area (Å²) in [5, 5.41) is 6.73. The minimum absolute atomic E-state index is 0.294. The Morgan fingerprint density at radius 2 is 1.73 bits per heavy atom. The first-order valence-electron chi connectivity index (χ1n) is 11.0. The van der Waals surface area contributed by atoms with Crippen LogP contribution in [0.4, 0.5) is 5.00 Å². The normalized spacial score (nSPS) is 10.9. The van der Waals surface area contributed by atoms with E-state index in [9.17, 15) is 9.59 Å². The van der Waals surface area contributed by atoms with Crippen molar-refractivity contribution >= 4 is 78.2 Å². The summed E-state index contributed by atoms with van der Waals surface area (Å²) >= 11 is 17.2. The maximum Gasteiger partial charge on any atom is 0.341 e. The molecule has 9 heteroatoms. The number of nitrogens with one attached hydrogen (secondary N) is 1. The van der Waals surface area contributed by atoms with Gasteiger partial charge in [-0.2, -0.15) is 0 Å². The second kappa shape index (κ2) is 10.6. The number of rotatable bonds is 5. The molecule has 0 fully saturated rings. The Kier molecular flexibility index (Phi) is 7.31. The molecule has 0 saturated carbocycles. The molecule has 3 aromatic carbocycles. The molecule has 0 spiro atoms. The van der Waals surface area contributed by atoms with Crippen LogP contribution in [0, 0.1) is 0 Å². The van der Waals surface area contributed by atoms with Crippen LogP contribution < -0.4 is 5.32 Å². The van der Waals surface area contributed by atoms with Crippen LogP contribution in [-0.4, -0.2) is 24.0 Å². The lowest BCUT2D eigenvalue weighted by Gasteiger charge is -2.12. The second-order valence-corrected chi connectivity index (χ2v) is 10.6. The fourth-order valence-corrected chi connectivity index (χ4v) is 5.69. The van der Waals surface area contributed by atoms with Crippen LogP contribution in [0.25, 0.3) is 33.3 Å². The van der Waals surface area contributed by atoms with Gasteiger partial charge in [0.05, 0.1) is 28.9 Å². The molecule has 2 aromatic heterocycles. The largest absolute Gasteiger partial charge is 0.465 e. The first-order chi connectivity index (χ1) is 17.9. The monoisotopic (exact) mass is 610 g/mol. The molecule has 5 rings (SSSR count). The molecule has 0 aliphatic carbocycles. The number of carbonyl (C=O) groups excluding carboxylic acids is 2. The van der Waals surface area contributed by atoms with Gasteiger partial charge < -0.3 is 10.1 Å². The number of halogens is 3. The Bertz CT molecular complexity index is 1670. The zero-order chi connectivity index (χ0) is 26.1. The highest BCUT2D eigenvalue weighted by Gasteiger charge is 2.24. The Labute approximate surface area is 235 Å². The van der Waals surface area contributed by atoms with E-state index in [1.54, 1.807) is 24.3 Å². The predicted molar refractivity (Wildman–Crippen MR) is 154 cm³/mol. The number of amides is 1. The fourth-order valence-electron chi connectivity index (χ4n) is 3.97. The molecule has 0 saturated heterocycles. The maximum atomic E-state index is 13.7. The molecule has 0 radical (unpaired) electrons. The van der Waals surface area contributed by atoms with E-state index < -0.39 is 5.97 Å². The summed E-state index contributed by atoms with van der Waals surface area (Å²) in [5.41, 5.74) is 3.99. The molecule has 5 nitrogen and oxygen atoms in total. The van der Waals surface area contributed by atoms with E-state index >= 15 is 0 Å². The standard InChI is InChI=1S/C28H17BrCl2N2O3S/c1-36-28(35)25-21(15-6-8-16(29)9-7-15)14-37-27(25)33-26(34)20-13-24(19-11-10-17(30)12-22(19)31)32-23-5-3-2-4-18(20)23/h2-14H,1H3,(H,33,34). The molecule has 37 heavy (non-hydrogen) atoms. The van der Waals surface area contributed by atoms with Gasteiger partial charge >= 0.3 is 5.97 Å². The van der Waals surface area contributed by atoms with E-state index in [-0.39, 0.29) is 5.91 Å². The van der Waals surface area contributed by atoms with E-state index in [4.69, 9.17) is 32.9 Å². The number of benzene rings is 3. The lowest BCUT2D eigenvalue weighted by atomic mass is 10.0. The lowest BCUT2D eigenvalue weighted by molar-refractivity contribution is 0.0603. The first kappa shape index (κ1) is 25.4. The maximum absolute atomic E-state index is 13.7. The fraction of sp³-hybridized carbons (Fsp3) is 0.0357. The van der Waals surface area contributed by atoms with Gasteiger partial charge in [-0.3, -0.25) is 4.79 Å². The minimum atomic E-state index is -0.539. The number of hydrogen-bond acceptors (Lipinski definition) is 5. The zero-order valence-electron chi connectivity index (χ0n) is 19.2. The topological polar surface area (TPSA) is 68.3 Å². The Hall–Kier alpha value is -3.23. The van der Waals surface area contributed by atoms with Crippen LogP contribution in [-0.2, 0) is 4.74 Å². The van der Waals surface area contributed by atoms with Crippen molar-refractivity contribution in [3.63, 3.8) is 0 Å². The number of thiophene rings is 1. The Morgan fingerprint density at radius 3 is 2.46 bits per heavy atom.